The fraction of sp³-hybridized carbons (Fsp3) is 0.185. The molecule has 0 aliphatic carbocycles. The second kappa shape index (κ2) is 10.3. The van der Waals surface area contributed by atoms with Gasteiger partial charge in [-0.25, -0.2) is 4.98 Å². The van der Waals surface area contributed by atoms with Gasteiger partial charge in [0.2, 0.25) is 0 Å². The van der Waals surface area contributed by atoms with Crippen LogP contribution in [0.15, 0.2) is 96.2 Å². The highest BCUT2D eigenvalue weighted by Crippen LogP contribution is 2.39. The van der Waals surface area contributed by atoms with Gasteiger partial charge < -0.3 is 5.11 Å². The number of unbranched alkanes of at least 4 members (excludes halogenated alkanes) is 1. The molecule has 0 spiro atoms. The molecule has 4 aromatic rings. The Morgan fingerprint density at radius 3 is 2.03 bits per heavy atom. The predicted octanol–water partition coefficient (Wildman–Crippen LogP) is 6.94. The van der Waals surface area contributed by atoms with Crippen molar-refractivity contribution in [1.82, 2.24) is 9.55 Å². The normalized spacial score (nSPS) is 11.9. The van der Waals surface area contributed by atoms with E-state index in [1.807, 2.05) is 78.9 Å². The van der Waals surface area contributed by atoms with Gasteiger partial charge in [0, 0.05) is 16.8 Å². The minimum absolute atomic E-state index is 0.549. The Morgan fingerprint density at radius 1 is 0.906 bits per heavy atom. The van der Waals surface area contributed by atoms with Crippen molar-refractivity contribution in [1.29, 1.82) is 0 Å². The molecule has 5 heteroatoms. The number of imidazole rings is 1. The summed E-state index contributed by atoms with van der Waals surface area (Å²) in [5.74, 6) is -0.798. The molecule has 0 saturated carbocycles. The molecule has 0 aliphatic rings. The smallest absolute Gasteiger partial charge is 0.317 e. The minimum Gasteiger partial charge on any atom is -0.480 e. The van der Waals surface area contributed by atoms with E-state index in [9.17, 15) is 9.90 Å². The fourth-order valence-electron chi connectivity index (χ4n) is 3.70. The van der Waals surface area contributed by atoms with E-state index in [1.165, 1.54) is 11.8 Å². The maximum absolute atomic E-state index is 12.0. The molecule has 4 rings (SSSR count). The molecule has 0 fully saturated rings. The van der Waals surface area contributed by atoms with Crippen LogP contribution >= 0.6 is 11.8 Å². The van der Waals surface area contributed by atoms with Crippen molar-refractivity contribution in [2.75, 3.05) is 0 Å². The largest absolute Gasteiger partial charge is 0.480 e. The van der Waals surface area contributed by atoms with Crippen molar-refractivity contribution in [3.05, 3.63) is 91.0 Å². The number of carboxylic acid groups (broad SMARTS) is 1. The van der Waals surface area contributed by atoms with Gasteiger partial charge in [-0.15, -0.1) is 0 Å². The van der Waals surface area contributed by atoms with Crippen LogP contribution in [0.2, 0.25) is 0 Å². The van der Waals surface area contributed by atoms with Crippen LogP contribution in [0.4, 0.5) is 0 Å². The number of hydrogen-bond acceptors (Lipinski definition) is 3. The van der Waals surface area contributed by atoms with Gasteiger partial charge in [-0.1, -0.05) is 110 Å². The van der Waals surface area contributed by atoms with E-state index in [1.54, 1.807) is 0 Å². The minimum atomic E-state index is -0.798. The summed E-state index contributed by atoms with van der Waals surface area (Å²) >= 11 is 1.33. The average Bonchev–Trinajstić information content (AvgIpc) is 3.22. The quantitative estimate of drug-likeness (QED) is 0.285. The van der Waals surface area contributed by atoms with Crippen molar-refractivity contribution < 1.29 is 9.90 Å². The maximum atomic E-state index is 12.0. The highest BCUT2D eigenvalue weighted by atomic mass is 32.2. The molecule has 0 aliphatic heterocycles. The van der Waals surface area contributed by atoms with E-state index in [4.69, 9.17) is 4.98 Å². The summed E-state index contributed by atoms with van der Waals surface area (Å²) in [6.07, 6.45) is 2.44. The second-order valence-electron chi connectivity index (χ2n) is 7.58. The Balaban J connectivity index is 1.95. The Morgan fingerprint density at radius 2 is 1.47 bits per heavy atom. The lowest BCUT2D eigenvalue weighted by Gasteiger charge is -2.15. The van der Waals surface area contributed by atoms with E-state index < -0.39 is 11.2 Å². The van der Waals surface area contributed by atoms with Crippen LogP contribution in [-0.2, 0) is 4.79 Å². The monoisotopic (exact) mass is 442 g/mol. The summed E-state index contributed by atoms with van der Waals surface area (Å²) in [6, 6.07) is 30.3. The van der Waals surface area contributed by atoms with Gasteiger partial charge in [-0.3, -0.25) is 9.36 Å². The van der Waals surface area contributed by atoms with Crippen LogP contribution < -0.4 is 0 Å². The van der Waals surface area contributed by atoms with E-state index in [-0.39, 0.29) is 0 Å². The first-order chi connectivity index (χ1) is 15.7. The first-order valence-electron chi connectivity index (χ1n) is 10.9. The highest BCUT2D eigenvalue weighted by Gasteiger charge is 2.26. The lowest BCUT2D eigenvalue weighted by molar-refractivity contribution is -0.136. The molecule has 0 saturated heterocycles. The first-order valence-corrected chi connectivity index (χ1v) is 11.8. The summed E-state index contributed by atoms with van der Waals surface area (Å²) < 4.78 is 2.10. The molecule has 1 unspecified atom stereocenters. The third kappa shape index (κ3) is 4.78. The van der Waals surface area contributed by atoms with E-state index in [2.05, 4.69) is 23.6 Å². The number of aliphatic carboxylic acids is 1. The molecule has 4 nitrogen and oxygen atoms in total. The Hall–Kier alpha value is -3.31. The van der Waals surface area contributed by atoms with Gasteiger partial charge in [-0.05, 0) is 18.6 Å². The Bertz CT molecular complexity index is 1160. The second-order valence-corrected chi connectivity index (χ2v) is 8.75. The Kier molecular flexibility index (Phi) is 7.07. The van der Waals surface area contributed by atoms with E-state index in [0.29, 0.717) is 11.6 Å². The molecule has 3 aromatic carbocycles. The standard InChI is InChI=1S/C27H26N2O2S/c1-2-3-19-23(26(30)31)32-27-28-24(20-13-7-4-8-14-20)25(21-15-9-5-10-16-21)29(27)22-17-11-6-12-18-22/h4-18,23H,2-3,19H2,1H3,(H,30,31). The first kappa shape index (κ1) is 21.9. The van der Waals surface area contributed by atoms with Gasteiger partial charge in [0.15, 0.2) is 5.16 Å². The topological polar surface area (TPSA) is 55.1 Å². The molecule has 1 N–H and O–H groups in total. The molecule has 0 radical (unpaired) electrons. The highest BCUT2D eigenvalue weighted by molar-refractivity contribution is 8.00. The fourth-order valence-corrected chi connectivity index (χ4v) is 4.79. The lowest BCUT2D eigenvalue weighted by Crippen LogP contribution is -2.17. The van der Waals surface area contributed by atoms with Crippen LogP contribution in [0.5, 0.6) is 0 Å². The van der Waals surface area contributed by atoms with E-state index >= 15 is 0 Å². The zero-order valence-corrected chi connectivity index (χ0v) is 18.8. The number of benzene rings is 3. The third-order valence-corrected chi connectivity index (χ3v) is 6.50. The van der Waals surface area contributed by atoms with Gasteiger partial charge in [0.1, 0.15) is 5.25 Å². The van der Waals surface area contributed by atoms with Crippen LogP contribution in [0, 0.1) is 0 Å². The number of aromatic nitrogens is 2. The molecular weight excluding hydrogens is 416 g/mol. The average molecular weight is 443 g/mol. The summed E-state index contributed by atoms with van der Waals surface area (Å²) in [5, 5.41) is 10.0. The number of hydrogen-bond donors (Lipinski definition) is 1. The van der Waals surface area contributed by atoms with Crippen molar-refractivity contribution in [2.45, 2.75) is 36.6 Å². The van der Waals surface area contributed by atoms with E-state index in [0.717, 1.165) is 41.0 Å². The molecule has 0 amide bonds. The van der Waals surface area contributed by atoms with Gasteiger partial charge in [0.25, 0.3) is 0 Å². The molecule has 1 aromatic heterocycles. The SMILES string of the molecule is CCCCC(Sc1nc(-c2ccccc2)c(-c2ccccc2)n1-c1ccccc1)C(=O)O. The van der Waals surface area contributed by atoms with Gasteiger partial charge in [-0.2, -0.15) is 0 Å². The van der Waals surface area contributed by atoms with Crippen molar-refractivity contribution in [3.63, 3.8) is 0 Å². The number of rotatable bonds is 9. The maximum Gasteiger partial charge on any atom is 0.317 e. The zero-order valence-electron chi connectivity index (χ0n) is 18.0. The molecule has 32 heavy (non-hydrogen) atoms. The third-order valence-electron chi connectivity index (χ3n) is 5.30. The lowest BCUT2D eigenvalue weighted by atomic mass is 10.0. The van der Waals surface area contributed by atoms with Gasteiger partial charge >= 0.3 is 5.97 Å². The summed E-state index contributed by atoms with van der Waals surface area (Å²) in [6.45, 7) is 2.08. The predicted molar refractivity (Wildman–Crippen MR) is 131 cm³/mol. The number of carbonyl (C=O) groups is 1. The van der Waals surface area contributed by atoms with Crippen molar-refractivity contribution in [3.8, 4) is 28.2 Å². The van der Waals surface area contributed by atoms with Crippen LogP contribution in [0.25, 0.3) is 28.2 Å². The molecule has 0 bridgehead atoms. The van der Waals surface area contributed by atoms with Crippen LogP contribution in [-0.4, -0.2) is 25.9 Å². The molecule has 1 atom stereocenters. The number of para-hydroxylation sites is 1. The van der Waals surface area contributed by atoms with Crippen LogP contribution in [0.1, 0.15) is 26.2 Å². The van der Waals surface area contributed by atoms with Crippen LogP contribution in [0.3, 0.4) is 0 Å². The molecular formula is C27H26N2O2S. The van der Waals surface area contributed by atoms with Gasteiger partial charge in [0.05, 0.1) is 11.4 Å². The zero-order chi connectivity index (χ0) is 22.3. The Labute approximate surface area is 193 Å². The number of nitrogens with zero attached hydrogens (tertiary/aromatic N) is 2. The summed E-state index contributed by atoms with van der Waals surface area (Å²) in [4.78, 5) is 17.1. The molecule has 162 valence electrons. The number of carboxylic acids is 1. The summed E-state index contributed by atoms with van der Waals surface area (Å²) in [7, 11) is 0. The molecule has 1 heterocycles. The van der Waals surface area contributed by atoms with Crippen molar-refractivity contribution in [2.24, 2.45) is 0 Å². The van der Waals surface area contributed by atoms with Crippen molar-refractivity contribution >= 4 is 17.7 Å². The summed E-state index contributed by atoms with van der Waals surface area (Å²) in [5.41, 5.74) is 4.81. The number of thioether (sulfide) groups is 1.